The van der Waals surface area contributed by atoms with Crippen LogP contribution in [0.2, 0.25) is 0 Å². The number of hydrogen-bond acceptors (Lipinski definition) is 3. The predicted octanol–water partition coefficient (Wildman–Crippen LogP) is 6.55. The fraction of sp³-hybridized carbons (Fsp3) is 0.133. The van der Waals surface area contributed by atoms with Crippen molar-refractivity contribution in [3.05, 3.63) is 113 Å². The third-order valence-corrected chi connectivity index (χ3v) is 6.30. The molecule has 1 heterocycles. The molecule has 4 heteroatoms. The van der Waals surface area contributed by atoms with E-state index in [9.17, 15) is 9.90 Å². The number of phenols is 1. The summed E-state index contributed by atoms with van der Waals surface area (Å²) >= 11 is 0. The number of ether oxygens (including phenoxy) is 1. The Kier molecular flexibility index (Phi) is 5.50. The molecular weight excluding hydrogens is 422 g/mol. The summed E-state index contributed by atoms with van der Waals surface area (Å²) in [6, 6.07) is 28.8. The standard InChI is InChI=1S/C30H25NO3/c1-3-30(29(33)31-28(34-30)23-13-5-4-6-14-23)25(19-21-11-9-10-20(2)18-21)27-24-15-8-7-12-22(24)16-17-26(27)32/h4-19,32H,3H2,1-2H3/b25-19+/t30-/m1/s1. The molecule has 0 saturated carbocycles. The van der Waals surface area contributed by atoms with Gasteiger partial charge in [0.2, 0.25) is 11.5 Å². The van der Waals surface area contributed by atoms with Crippen LogP contribution in [0.1, 0.15) is 35.6 Å². The van der Waals surface area contributed by atoms with Gasteiger partial charge in [-0.05, 0) is 54.0 Å². The van der Waals surface area contributed by atoms with Gasteiger partial charge in [0.05, 0.1) is 0 Å². The van der Waals surface area contributed by atoms with E-state index in [0.717, 1.165) is 27.5 Å². The fourth-order valence-electron chi connectivity index (χ4n) is 4.56. The van der Waals surface area contributed by atoms with E-state index in [0.29, 0.717) is 23.5 Å². The Morgan fingerprint density at radius 2 is 1.74 bits per heavy atom. The molecule has 4 nitrogen and oxygen atoms in total. The molecule has 1 N–H and O–H groups in total. The first-order valence-electron chi connectivity index (χ1n) is 11.4. The van der Waals surface area contributed by atoms with E-state index >= 15 is 0 Å². The van der Waals surface area contributed by atoms with Crippen LogP contribution in [-0.4, -0.2) is 22.5 Å². The molecule has 0 spiro atoms. The molecule has 0 aliphatic carbocycles. The summed E-state index contributed by atoms with van der Waals surface area (Å²) in [5.74, 6) is 0.0115. The predicted molar refractivity (Wildman–Crippen MR) is 137 cm³/mol. The van der Waals surface area contributed by atoms with Crippen LogP contribution in [0.15, 0.2) is 96.0 Å². The second-order valence-corrected chi connectivity index (χ2v) is 8.52. The molecule has 0 radical (unpaired) electrons. The monoisotopic (exact) mass is 447 g/mol. The molecule has 0 aromatic heterocycles. The van der Waals surface area contributed by atoms with Crippen molar-refractivity contribution in [2.75, 3.05) is 0 Å². The summed E-state index contributed by atoms with van der Waals surface area (Å²) < 4.78 is 6.44. The van der Waals surface area contributed by atoms with Crippen molar-refractivity contribution in [1.82, 2.24) is 0 Å². The molecular formula is C30H25NO3. The molecule has 5 rings (SSSR count). The minimum atomic E-state index is -1.36. The first-order chi connectivity index (χ1) is 16.5. The number of rotatable bonds is 5. The number of phenolic OH excluding ortho intramolecular Hbond substituents is 1. The van der Waals surface area contributed by atoms with Crippen molar-refractivity contribution >= 4 is 34.2 Å². The molecule has 1 aliphatic heterocycles. The van der Waals surface area contributed by atoms with Gasteiger partial charge >= 0.3 is 0 Å². The molecule has 0 unspecified atom stereocenters. The van der Waals surface area contributed by atoms with E-state index in [2.05, 4.69) is 4.99 Å². The van der Waals surface area contributed by atoms with Gasteiger partial charge in [-0.25, -0.2) is 0 Å². The molecule has 1 aliphatic rings. The van der Waals surface area contributed by atoms with Crippen molar-refractivity contribution in [1.29, 1.82) is 0 Å². The third kappa shape index (κ3) is 3.67. The Morgan fingerprint density at radius 1 is 0.971 bits per heavy atom. The smallest absolute Gasteiger partial charge is 0.297 e. The Balaban J connectivity index is 1.76. The Bertz CT molecular complexity index is 1450. The highest BCUT2D eigenvalue weighted by Crippen LogP contribution is 2.45. The van der Waals surface area contributed by atoms with Crippen molar-refractivity contribution in [3.63, 3.8) is 0 Å². The summed E-state index contributed by atoms with van der Waals surface area (Å²) in [6.07, 6.45) is 2.30. The zero-order chi connectivity index (χ0) is 23.7. The number of hydrogen-bond donors (Lipinski definition) is 1. The number of carbonyl (C=O) groups is 1. The molecule has 0 fully saturated rings. The van der Waals surface area contributed by atoms with Crippen LogP contribution in [0.25, 0.3) is 22.4 Å². The molecule has 1 amide bonds. The molecule has 4 aromatic rings. The van der Waals surface area contributed by atoms with Crippen molar-refractivity contribution in [2.24, 2.45) is 4.99 Å². The highest BCUT2D eigenvalue weighted by Gasteiger charge is 2.50. The Morgan fingerprint density at radius 3 is 2.50 bits per heavy atom. The lowest BCUT2D eigenvalue weighted by Gasteiger charge is -2.30. The van der Waals surface area contributed by atoms with Crippen molar-refractivity contribution in [3.8, 4) is 5.75 Å². The van der Waals surface area contributed by atoms with Crippen molar-refractivity contribution in [2.45, 2.75) is 25.9 Å². The average Bonchev–Trinajstić information content (AvgIpc) is 3.21. The van der Waals surface area contributed by atoms with Gasteiger partial charge in [0.25, 0.3) is 5.91 Å². The molecule has 4 aromatic carbocycles. The first-order valence-corrected chi connectivity index (χ1v) is 11.4. The fourth-order valence-corrected chi connectivity index (χ4v) is 4.56. The largest absolute Gasteiger partial charge is 0.507 e. The quantitative estimate of drug-likeness (QED) is 0.353. The second-order valence-electron chi connectivity index (χ2n) is 8.52. The molecule has 1 atom stereocenters. The average molecular weight is 448 g/mol. The maximum atomic E-state index is 13.6. The van der Waals surface area contributed by atoms with Gasteiger partial charge in [-0.3, -0.25) is 4.79 Å². The number of benzene rings is 4. The van der Waals surface area contributed by atoms with Gasteiger partial charge in [-0.1, -0.05) is 85.3 Å². The zero-order valence-electron chi connectivity index (χ0n) is 19.2. The lowest BCUT2D eigenvalue weighted by Crippen LogP contribution is -2.38. The molecule has 0 bridgehead atoms. The van der Waals surface area contributed by atoms with Crippen LogP contribution in [0.4, 0.5) is 0 Å². The van der Waals surface area contributed by atoms with E-state index in [1.165, 1.54) is 0 Å². The summed E-state index contributed by atoms with van der Waals surface area (Å²) in [5.41, 5.74) is 2.56. The van der Waals surface area contributed by atoms with Gasteiger partial charge in [0.1, 0.15) is 5.75 Å². The lowest BCUT2D eigenvalue weighted by molar-refractivity contribution is -0.126. The Hall–Kier alpha value is -4.18. The van der Waals surface area contributed by atoms with Crippen LogP contribution in [0.3, 0.4) is 0 Å². The topological polar surface area (TPSA) is 58.9 Å². The van der Waals surface area contributed by atoms with Gasteiger partial charge in [-0.2, -0.15) is 4.99 Å². The third-order valence-electron chi connectivity index (χ3n) is 6.30. The van der Waals surface area contributed by atoms with Crippen LogP contribution in [0, 0.1) is 6.92 Å². The SMILES string of the molecule is CC[C@]1(/C(=C/c2cccc(C)c2)c2c(O)ccc3ccccc23)OC(c2ccccc2)=NC1=O. The molecule has 0 saturated heterocycles. The van der Waals surface area contributed by atoms with Gasteiger partial charge < -0.3 is 9.84 Å². The van der Waals surface area contributed by atoms with Crippen LogP contribution in [0.5, 0.6) is 5.75 Å². The minimum Gasteiger partial charge on any atom is -0.507 e. The summed E-state index contributed by atoms with van der Waals surface area (Å²) in [4.78, 5) is 17.9. The lowest BCUT2D eigenvalue weighted by atomic mass is 9.81. The first kappa shape index (κ1) is 21.7. The summed E-state index contributed by atoms with van der Waals surface area (Å²) in [6.45, 7) is 3.93. The highest BCUT2D eigenvalue weighted by molar-refractivity contribution is 6.18. The van der Waals surface area contributed by atoms with E-state index in [-0.39, 0.29) is 11.7 Å². The van der Waals surface area contributed by atoms with E-state index in [1.807, 2.05) is 105 Å². The summed E-state index contributed by atoms with van der Waals surface area (Å²) in [5, 5.41) is 12.9. The number of fused-ring (bicyclic) bond motifs is 1. The van der Waals surface area contributed by atoms with Crippen LogP contribution < -0.4 is 0 Å². The maximum Gasteiger partial charge on any atom is 0.297 e. The number of aliphatic imine (C=N–C) groups is 1. The second kappa shape index (κ2) is 8.64. The number of carbonyl (C=O) groups excluding carboxylic acids is 1. The number of aromatic hydroxyl groups is 1. The number of amides is 1. The van der Waals surface area contributed by atoms with Gasteiger partial charge in [0.15, 0.2) is 0 Å². The van der Waals surface area contributed by atoms with Crippen LogP contribution >= 0.6 is 0 Å². The molecule has 168 valence electrons. The normalized spacial score (nSPS) is 18.1. The van der Waals surface area contributed by atoms with Gasteiger partial charge in [0, 0.05) is 16.7 Å². The number of aryl methyl sites for hydroxylation is 1. The Labute approximate surface area is 198 Å². The minimum absolute atomic E-state index is 0.0926. The van der Waals surface area contributed by atoms with Crippen LogP contribution in [-0.2, 0) is 9.53 Å². The molecule has 34 heavy (non-hydrogen) atoms. The van der Waals surface area contributed by atoms with E-state index in [4.69, 9.17) is 4.74 Å². The van der Waals surface area contributed by atoms with Crippen molar-refractivity contribution < 1.29 is 14.6 Å². The maximum absolute atomic E-state index is 13.6. The number of nitrogens with zero attached hydrogens (tertiary/aromatic N) is 1. The van der Waals surface area contributed by atoms with E-state index < -0.39 is 5.60 Å². The highest BCUT2D eigenvalue weighted by atomic mass is 16.5. The summed E-state index contributed by atoms with van der Waals surface area (Å²) in [7, 11) is 0. The zero-order valence-corrected chi connectivity index (χ0v) is 19.2. The van der Waals surface area contributed by atoms with Gasteiger partial charge in [-0.15, -0.1) is 0 Å². The van der Waals surface area contributed by atoms with E-state index in [1.54, 1.807) is 6.07 Å².